The van der Waals surface area contributed by atoms with Crippen LogP contribution in [0.3, 0.4) is 0 Å². The molecule has 3 nitrogen and oxygen atoms in total. The molecule has 0 aliphatic heterocycles. The van der Waals surface area contributed by atoms with Gasteiger partial charge in [-0.05, 0) is 47.4 Å². The molecule has 3 aromatic rings. The molecule has 2 aromatic carbocycles. The molecule has 0 aliphatic carbocycles. The first-order chi connectivity index (χ1) is 16.2. The summed E-state index contributed by atoms with van der Waals surface area (Å²) in [5.41, 5.74) is 5.92. The standard InChI is InChI=1S/C20H20N.C11H20O2.Ir/c1-4-5-16-6-7-19-17(13-16)8-9-21-20(19)18-11-14(2)10-15(3)12-18;1-5-8(3)10(12)7-11(13)9(4)6-2;/h6-11,13H,4-5H2,1-3H3;7-9,12H,5-6H2,1-4H3;/q-1;;/b;10-7-;. The summed E-state index contributed by atoms with van der Waals surface area (Å²) >= 11 is 0. The van der Waals surface area contributed by atoms with Gasteiger partial charge in [0.2, 0.25) is 0 Å². The molecule has 1 heterocycles. The van der Waals surface area contributed by atoms with E-state index in [1.54, 1.807) is 0 Å². The van der Waals surface area contributed by atoms with Crippen molar-refractivity contribution >= 4 is 16.6 Å². The van der Waals surface area contributed by atoms with Gasteiger partial charge in [0.15, 0.2) is 5.78 Å². The number of aromatic nitrogens is 1. The SMILES string of the molecule is CCC(C)C(=O)/C=C(\O)C(C)CC.CCCc1ccc2c(-c3[c-]c(C)cc(C)c3)nccc2c1.[Ir]. The Labute approximate surface area is 225 Å². The van der Waals surface area contributed by atoms with Crippen LogP contribution >= 0.6 is 0 Å². The molecule has 0 amide bonds. The second-order valence-electron chi connectivity index (χ2n) is 9.31. The second kappa shape index (κ2) is 15.0. The van der Waals surface area contributed by atoms with Gasteiger partial charge in [0, 0.05) is 44.2 Å². The summed E-state index contributed by atoms with van der Waals surface area (Å²) in [6.07, 6.45) is 7.26. The molecule has 0 fully saturated rings. The Kier molecular flexibility index (Phi) is 13.1. The number of allylic oxidation sites excluding steroid dienone is 2. The van der Waals surface area contributed by atoms with Crippen LogP contribution in [0, 0.1) is 31.7 Å². The number of carbonyl (C=O) groups is 1. The van der Waals surface area contributed by atoms with Crippen LogP contribution < -0.4 is 0 Å². The van der Waals surface area contributed by atoms with Crippen LogP contribution in [0.25, 0.3) is 22.0 Å². The molecule has 0 saturated heterocycles. The fourth-order valence-electron chi connectivity index (χ4n) is 3.75. The van der Waals surface area contributed by atoms with Crippen molar-refractivity contribution in [3.05, 3.63) is 77.2 Å². The Morgan fingerprint density at radius 1 is 1.03 bits per heavy atom. The van der Waals surface area contributed by atoms with Gasteiger partial charge in [0.05, 0.1) is 5.76 Å². The van der Waals surface area contributed by atoms with E-state index in [-0.39, 0.29) is 43.5 Å². The summed E-state index contributed by atoms with van der Waals surface area (Å²) in [4.78, 5) is 16.0. The Balaban J connectivity index is 0.000000383. The van der Waals surface area contributed by atoms with Gasteiger partial charge in [-0.2, -0.15) is 0 Å². The van der Waals surface area contributed by atoms with Crippen molar-refractivity contribution in [2.45, 2.75) is 74.1 Å². The van der Waals surface area contributed by atoms with Crippen LogP contribution in [0.1, 0.15) is 70.6 Å². The number of ketones is 1. The fraction of sp³-hybridized carbons (Fsp3) is 0.419. The van der Waals surface area contributed by atoms with E-state index in [4.69, 9.17) is 0 Å². The largest absolute Gasteiger partial charge is 0.512 e. The number of aryl methyl sites for hydroxylation is 3. The van der Waals surface area contributed by atoms with E-state index in [0.717, 1.165) is 36.1 Å². The number of pyridine rings is 1. The molecule has 191 valence electrons. The third-order valence-corrected chi connectivity index (χ3v) is 6.28. The number of fused-ring (bicyclic) bond motifs is 1. The number of hydrogen-bond donors (Lipinski definition) is 1. The van der Waals surface area contributed by atoms with E-state index in [1.165, 1.54) is 34.4 Å². The predicted molar refractivity (Wildman–Crippen MR) is 144 cm³/mol. The maximum atomic E-state index is 11.4. The minimum absolute atomic E-state index is 0. The minimum atomic E-state index is 0. The van der Waals surface area contributed by atoms with Crippen LogP contribution in [0.2, 0.25) is 0 Å². The maximum absolute atomic E-state index is 11.4. The van der Waals surface area contributed by atoms with E-state index in [1.807, 2.05) is 33.9 Å². The van der Waals surface area contributed by atoms with E-state index in [9.17, 15) is 9.90 Å². The van der Waals surface area contributed by atoms with Gasteiger partial charge >= 0.3 is 0 Å². The topological polar surface area (TPSA) is 50.2 Å². The minimum Gasteiger partial charge on any atom is -0.512 e. The Morgan fingerprint density at radius 2 is 1.71 bits per heavy atom. The summed E-state index contributed by atoms with van der Waals surface area (Å²) in [5, 5.41) is 11.9. The van der Waals surface area contributed by atoms with Crippen LogP contribution in [-0.4, -0.2) is 15.9 Å². The van der Waals surface area contributed by atoms with Crippen molar-refractivity contribution in [2.24, 2.45) is 11.8 Å². The van der Waals surface area contributed by atoms with E-state index >= 15 is 0 Å². The van der Waals surface area contributed by atoms with Crippen molar-refractivity contribution in [3.63, 3.8) is 0 Å². The van der Waals surface area contributed by atoms with Crippen molar-refractivity contribution in [3.8, 4) is 11.3 Å². The van der Waals surface area contributed by atoms with Gasteiger partial charge in [-0.1, -0.05) is 73.1 Å². The zero-order valence-corrected chi connectivity index (χ0v) is 24.6. The first-order valence-electron chi connectivity index (χ1n) is 12.5. The van der Waals surface area contributed by atoms with Gasteiger partial charge in [0.25, 0.3) is 0 Å². The summed E-state index contributed by atoms with van der Waals surface area (Å²) < 4.78 is 0. The van der Waals surface area contributed by atoms with Gasteiger partial charge in [-0.3, -0.25) is 4.79 Å². The Morgan fingerprint density at radius 3 is 2.31 bits per heavy atom. The molecule has 2 atom stereocenters. The second-order valence-corrected chi connectivity index (χ2v) is 9.31. The van der Waals surface area contributed by atoms with E-state index in [2.05, 4.69) is 68.2 Å². The fourth-order valence-corrected chi connectivity index (χ4v) is 3.75. The summed E-state index contributed by atoms with van der Waals surface area (Å²) in [6, 6.07) is 16.5. The van der Waals surface area contributed by atoms with Crippen LogP contribution in [0.5, 0.6) is 0 Å². The third kappa shape index (κ3) is 9.02. The Bertz CT molecular complexity index is 1120. The van der Waals surface area contributed by atoms with Crippen LogP contribution in [-0.2, 0) is 31.3 Å². The van der Waals surface area contributed by atoms with Gasteiger partial charge in [-0.15, -0.1) is 34.9 Å². The first-order valence-corrected chi connectivity index (χ1v) is 12.5. The molecule has 1 aromatic heterocycles. The quantitative estimate of drug-likeness (QED) is 0.152. The average molecular weight is 651 g/mol. The number of rotatable bonds is 8. The molecule has 0 bridgehead atoms. The predicted octanol–water partition coefficient (Wildman–Crippen LogP) is 8.36. The van der Waals surface area contributed by atoms with Crippen molar-refractivity contribution in [2.75, 3.05) is 0 Å². The normalized spacial score (nSPS) is 12.8. The molecule has 3 rings (SSSR count). The third-order valence-electron chi connectivity index (χ3n) is 6.28. The summed E-state index contributed by atoms with van der Waals surface area (Å²) in [7, 11) is 0. The van der Waals surface area contributed by atoms with Gasteiger partial charge < -0.3 is 10.1 Å². The molecular formula is C31H40IrNO2-. The van der Waals surface area contributed by atoms with Gasteiger partial charge in [-0.25, -0.2) is 0 Å². The molecule has 35 heavy (non-hydrogen) atoms. The molecule has 1 radical (unpaired) electrons. The smallest absolute Gasteiger partial charge is 0.161 e. The van der Waals surface area contributed by atoms with Crippen LogP contribution in [0.15, 0.2) is 54.4 Å². The first kappa shape index (κ1) is 30.7. The average Bonchev–Trinajstić information content (AvgIpc) is 2.82. The number of hydrogen-bond acceptors (Lipinski definition) is 3. The molecule has 4 heteroatoms. The maximum Gasteiger partial charge on any atom is 0.161 e. The molecular weight excluding hydrogens is 611 g/mol. The zero-order valence-electron chi connectivity index (χ0n) is 22.2. The van der Waals surface area contributed by atoms with Crippen molar-refractivity contribution in [1.29, 1.82) is 0 Å². The van der Waals surface area contributed by atoms with E-state index < -0.39 is 0 Å². The number of aliphatic hydroxyl groups excluding tert-OH is 1. The van der Waals surface area contributed by atoms with Crippen molar-refractivity contribution < 1.29 is 30.0 Å². The number of nitrogens with zero attached hydrogens (tertiary/aromatic N) is 1. The van der Waals surface area contributed by atoms with Gasteiger partial charge in [0.1, 0.15) is 0 Å². The molecule has 0 saturated carbocycles. The summed E-state index contributed by atoms with van der Waals surface area (Å²) in [5.74, 6) is 0.354. The zero-order chi connectivity index (χ0) is 25.3. The molecule has 0 aliphatic rings. The van der Waals surface area contributed by atoms with Crippen molar-refractivity contribution in [1.82, 2.24) is 4.98 Å². The molecule has 2 unspecified atom stereocenters. The molecule has 1 N–H and O–H groups in total. The number of carbonyl (C=O) groups excluding carboxylic acids is 1. The number of aliphatic hydroxyl groups is 1. The Hall–Kier alpha value is -2.29. The van der Waals surface area contributed by atoms with E-state index in [0.29, 0.717) is 0 Å². The molecule has 0 spiro atoms. The van der Waals surface area contributed by atoms with Crippen LogP contribution in [0.4, 0.5) is 0 Å². The number of benzene rings is 2. The summed E-state index contributed by atoms with van der Waals surface area (Å²) in [6.45, 7) is 14.2. The monoisotopic (exact) mass is 651 g/mol.